The van der Waals surface area contributed by atoms with E-state index in [1.165, 1.54) is 0 Å². The van der Waals surface area contributed by atoms with Crippen LogP contribution in [0.1, 0.15) is 35.3 Å². The van der Waals surface area contributed by atoms with Gasteiger partial charge in [0.05, 0.1) is 5.69 Å². The minimum absolute atomic E-state index is 0.0109. The zero-order valence-electron chi connectivity index (χ0n) is 14.5. The number of rotatable bonds is 2. The fraction of sp³-hybridized carbons (Fsp3) is 0.529. The van der Waals surface area contributed by atoms with E-state index in [0.717, 1.165) is 19.4 Å². The summed E-state index contributed by atoms with van der Waals surface area (Å²) in [6.07, 6.45) is 5.79. The monoisotopic (exact) mass is 342 g/mol. The number of piperidine rings is 1. The molecule has 0 radical (unpaired) electrons. The minimum Gasteiger partial charge on any atom is -0.356 e. The second-order valence-electron chi connectivity index (χ2n) is 7.10. The number of aromatic nitrogens is 4. The molecular weight excluding hydrogens is 320 g/mol. The van der Waals surface area contributed by atoms with Gasteiger partial charge in [-0.05, 0) is 31.2 Å². The predicted molar refractivity (Wildman–Crippen MR) is 90.3 cm³/mol. The first-order valence-electron chi connectivity index (χ1n) is 8.59. The van der Waals surface area contributed by atoms with Crippen molar-refractivity contribution in [3.05, 3.63) is 29.7 Å². The summed E-state index contributed by atoms with van der Waals surface area (Å²) in [6.45, 7) is 3.92. The maximum Gasteiger partial charge on any atom is 0.259 e. The zero-order chi connectivity index (χ0) is 17.6. The Morgan fingerprint density at radius 1 is 1.32 bits per heavy atom. The van der Waals surface area contributed by atoms with Crippen molar-refractivity contribution >= 4 is 11.8 Å². The molecule has 8 heteroatoms. The number of amides is 2. The molecular formula is C17H22N6O2. The third-order valence-corrected chi connectivity index (χ3v) is 5.43. The van der Waals surface area contributed by atoms with Crippen molar-refractivity contribution in [1.82, 2.24) is 29.8 Å². The molecule has 8 nitrogen and oxygen atoms in total. The van der Waals surface area contributed by atoms with Crippen LogP contribution in [-0.2, 0) is 11.8 Å². The summed E-state index contributed by atoms with van der Waals surface area (Å²) in [4.78, 5) is 26.6. The van der Waals surface area contributed by atoms with E-state index in [1.54, 1.807) is 15.6 Å². The first kappa shape index (κ1) is 15.9. The first-order chi connectivity index (χ1) is 12.0. The summed E-state index contributed by atoms with van der Waals surface area (Å²) in [5, 5.41) is 11.6. The van der Waals surface area contributed by atoms with Crippen LogP contribution in [0.2, 0.25) is 0 Å². The lowest BCUT2D eigenvalue weighted by Crippen LogP contribution is -2.44. The fourth-order valence-electron chi connectivity index (χ4n) is 4.00. The van der Waals surface area contributed by atoms with Crippen molar-refractivity contribution in [2.75, 3.05) is 19.6 Å². The molecule has 1 N–H and O–H groups in total. The average Bonchev–Trinajstić information content (AvgIpc) is 3.28. The lowest BCUT2D eigenvalue weighted by atomic mass is 9.77. The predicted octanol–water partition coefficient (Wildman–Crippen LogP) is 0.657. The van der Waals surface area contributed by atoms with E-state index in [-0.39, 0.29) is 17.2 Å². The van der Waals surface area contributed by atoms with Crippen LogP contribution in [0.15, 0.2) is 18.5 Å². The summed E-state index contributed by atoms with van der Waals surface area (Å²) in [6, 6.07) is 1.82. The third-order valence-electron chi connectivity index (χ3n) is 5.43. The smallest absolute Gasteiger partial charge is 0.259 e. The van der Waals surface area contributed by atoms with E-state index >= 15 is 0 Å². The van der Waals surface area contributed by atoms with Gasteiger partial charge in [0.2, 0.25) is 5.91 Å². The van der Waals surface area contributed by atoms with E-state index in [0.29, 0.717) is 36.6 Å². The third kappa shape index (κ3) is 2.61. The highest BCUT2D eigenvalue weighted by Crippen LogP contribution is 2.38. The minimum atomic E-state index is -0.0109. The molecule has 2 aliphatic heterocycles. The quantitative estimate of drug-likeness (QED) is 0.869. The normalized spacial score (nSPS) is 19.4. The summed E-state index contributed by atoms with van der Waals surface area (Å²) in [5.41, 5.74) is 1.33. The van der Waals surface area contributed by atoms with Gasteiger partial charge in [-0.3, -0.25) is 9.59 Å². The van der Waals surface area contributed by atoms with Crippen LogP contribution in [0.25, 0.3) is 5.82 Å². The van der Waals surface area contributed by atoms with E-state index < -0.39 is 0 Å². The van der Waals surface area contributed by atoms with Crippen LogP contribution in [-0.4, -0.2) is 55.9 Å². The molecule has 2 aromatic heterocycles. The van der Waals surface area contributed by atoms with Gasteiger partial charge in [-0.2, -0.15) is 10.2 Å². The van der Waals surface area contributed by atoms with Gasteiger partial charge < -0.3 is 10.2 Å². The Bertz CT molecular complexity index is 815. The second kappa shape index (κ2) is 5.72. The highest BCUT2D eigenvalue weighted by Gasteiger charge is 2.42. The van der Waals surface area contributed by atoms with E-state index in [2.05, 4.69) is 15.5 Å². The van der Waals surface area contributed by atoms with Gasteiger partial charge in [-0.25, -0.2) is 9.36 Å². The van der Waals surface area contributed by atoms with Gasteiger partial charge >= 0.3 is 0 Å². The number of carbonyl (C=O) groups is 2. The summed E-state index contributed by atoms with van der Waals surface area (Å²) in [7, 11) is 1.82. The van der Waals surface area contributed by atoms with Crippen LogP contribution in [0.5, 0.6) is 0 Å². The lowest BCUT2D eigenvalue weighted by molar-refractivity contribution is -0.119. The summed E-state index contributed by atoms with van der Waals surface area (Å²) < 4.78 is 3.37. The second-order valence-corrected chi connectivity index (χ2v) is 7.10. The standard InChI is InChI=1S/C17H22N6O2/c1-12-14(15(21(2)20-12)23-7-3-6-19-23)16(25)22-8-4-17(5-9-22)10-13(24)18-11-17/h3,6-7H,4-5,8-11H2,1-2H3,(H,18,24). The van der Waals surface area contributed by atoms with E-state index in [9.17, 15) is 9.59 Å². The maximum absolute atomic E-state index is 13.2. The van der Waals surface area contributed by atoms with Crippen LogP contribution in [0.3, 0.4) is 0 Å². The molecule has 2 amide bonds. The molecule has 2 aliphatic rings. The number of hydrogen-bond acceptors (Lipinski definition) is 4. The fourth-order valence-corrected chi connectivity index (χ4v) is 4.00. The lowest BCUT2D eigenvalue weighted by Gasteiger charge is -2.38. The number of carbonyl (C=O) groups excluding carboxylic acids is 2. The Balaban J connectivity index is 1.58. The van der Waals surface area contributed by atoms with Gasteiger partial charge in [0.25, 0.3) is 5.91 Å². The molecule has 0 aromatic carbocycles. The van der Waals surface area contributed by atoms with Crippen LogP contribution in [0.4, 0.5) is 0 Å². The average molecular weight is 342 g/mol. The topological polar surface area (TPSA) is 85.1 Å². The molecule has 2 aromatic rings. The number of aryl methyl sites for hydroxylation is 2. The maximum atomic E-state index is 13.2. The molecule has 132 valence electrons. The van der Waals surface area contributed by atoms with Crippen LogP contribution >= 0.6 is 0 Å². The number of hydrogen-bond donors (Lipinski definition) is 1. The SMILES string of the molecule is Cc1nn(C)c(-n2cccn2)c1C(=O)N1CCC2(CC1)CNC(=O)C2. The Kier molecular flexibility index (Phi) is 3.63. The van der Waals surface area contributed by atoms with Crippen molar-refractivity contribution in [2.24, 2.45) is 12.5 Å². The summed E-state index contributed by atoms with van der Waals surface area (Å²) in [5.74, 6) is 0.803. The number of nitrogens with zero attached hydrogens (tertiary/aromatic N) is 5. The van der Waals surface area contributed by atoms with Gasteiger partial charge in [0.1, 0.15) is 5.56 Å². The Morgan fingerprint density at radius 3 is 2.68 bits per heavy atom. The van der Waals surface area contributed by atoms with Crippen molar-refractivity contribution in [3.8, 4) is 5.82 Å². The molecule has 0 bridgehead atoms. The molecule has 2 saturated heterocycles. The highest BCUT2D eigenvalue weighted by molar-refractivity contribution is 5.98. The molecule has 0 aliphatic carbocycles. The number of nitrogens with one attached hydrogen (secondary N) is 1. The molecule has 25 heavy (non-hydrogen) atoms. The van der Waals surface area contributed by atoms with Gasteiger partial charge in [-0.1, -0.05) is 0 Å². The van der Waals surface area contributed by atoms with E-state index in [1.807, 2.05) is 31.1 Å². The Morgan fingerprint density at radius 2 is 2.08 bits per heavy atom. The Hall–Kier alpha value is -2.64. The van der Waals surface area contributed by atoms with Crippen LogP contribution in [0, 0.1) is 12.3 Å². The first-order valence-corrected chi connectivity index (χ1v) is 8.59. The van der Waals surface area contributed by atoms with Crippen molar-refractivity contribution < 1.29 is 9.59 Å². The van der Waals surface area contributed by atoms with Crippen molar-refractivity contribution in [1.29, 1.82) is 0 Å². The van der Waals surface area contributed by atoms with Gasteiger partial charge in [-0.15, -0.1) is 0 Å². The number of likely N-dealkylation sites (tertiary alicyclic amines) is 1. The molecule has 4 rings (SSSR count). The summed E-state index contributed by atoms with van der Waals surface area (Å²) >= 11 is 0. The van der Waals surface area contributed by atoms with Crippen molar-refractivity contribution in [3.63, 3.8) is 0 Å². The molecule has 2 fully saturated rings. The molecule has 0 saturated carbocycles. The highest BCUT2D eigenvalue weighted by atomic mass is 16.2. The molecule has 1 spiro atoms. The Labute approximate surface area is 145 Å². The van der Waals surface area contributed by atoms with Crippen LogP contribution < -0.4 is 5.32 Å². The van der Waals surface area contributed by atoms with Crippen molar-refractivity contribution in [2.45, 2.75) is 26.2 Å². The van der Waals surface area contributed by atoms with E-state index in [4.69, 9.17) is 0 Å². The zero-order valence-corrected chi connectivity index (χ0v) is 14.5. The largest absolute Gasteiger partial charge is 0.356 e. The van der Waals surface area contributed by atoms with Gasteiger partial charge in [0, 0.05) is 45.5 Å². The molecule has 0 unspecified atom stereocenters. The molecule has 0 atom stereocenters. The van der Waals surface area contributed by atoms with Gasteiger partial charge in [0.15, 0.2) is 5.82 Å². The molecule has 4 heterocycles.